The van der Waals surface area contributed by atoms with Crippen LogP contribution in [0.2, 0.25) is 0 Å². The molecule has 0 bridgehead atoms. The van der Waals surface area contributed by atoms with E-state index in [-0.39, 0.29) is 12.3 Å². The van der Waals surface area contributed by atoms with Gasteiger partial charge in [0.1, 0.15) is 5.75 Å². The van der Waals surface area contributed by atoms with Gasteiger partial charge in [-0.3, -0.25) is 4.79 Å². The topological polar surface area (TPSA) is 49.8 Å². The molecule has 0 spiro atoms. The predicted octanol–water partition coefficient (Wildman–Crippen LogP) is 2.09. The Morgan fingerprint density at radius 3 is 3.11 bits per heavy atom. The van der Waals surface area contributed by atoms with Gasteiger partial charge in [-0.15, -0.1) is 0 Å². The Morgan fingerprint density at radius 2 is 2.32 bits per heavy atom. The number of carboxylic acids is 1. The number of ether oxygens (including phenoxy) is 1. The van der Waals surface area contributed by atoms with E-state index >= 15 is 0 Å². The molecule has 2 heterocycles. The fraction of sp³-hybridized carbons (Fsp3) is 0.533. The van der Waals surface area contributed by atoms with Crippen molar-refractivity contribution < 1.29 is 14.6 Å². The van der Waals surface area contributed by atoms with Crippen LogP contribution in [0.4, 0.5) is 5.69 Å². The lowest BCUT2D eigenvalue weighted by Crippen LogP contribution is -2.27. The van der Waals surface area contributed by atoms with Gasteiger partial charge in [-0.25, -0.2) is 0 Å². The molecule has 102 valence electrons. The van der Waals surface area contributed by atoms with Crippen molar-refractivity contribution in [3.8, 4) is 5.75 Å². The summed E-state index contributed by atoms with van der Waals surface area (Å²) < 4.78 is 5.76. The van der Waals surface area contributed by atoms with Crippen molar-refractivity contribution in [3.63, 3.8) is 0 Å². The normalized spacial score (nSPS) is 21.3. The van der Waals surface area contributed by atoms with Gasteiger partial charge in [-0.2, -0.15) is 0 Å². The molecule has 0 saturated carbocycles. The van der Waals surface area contributed by atoms with Crippen molar-refractivity contribution in [1.82, 2.24) is 0 Å². The molecule has 2 aliphatic heterocycles. The zero-order valence-electron chi connectivity index (χ0n) is 11.2. The molecule has 1 N–H and O–H groups in total. The molecule has 2 aliphatic rings. The van der Waals surface area contributed by atoms with E-state index in [2.05, 4.69) is 24.1 Å². The monoisotopic (exact) mass is 261 g/mol. The molecule has 3 rings (SSSR count). The second kappa shape index (κ2) is 4.76. The number of fused-ring (bicyclic) bond motifs is 2. The standard InChI is InChI=1S/C15H19NO3/c1-16-4-2-3-11-8-14-12(7-13(11)16)5-10(9-19-14)6-15(17)18/h7-8,10H,2-6,9H2,1H3,(H,17,18). The first kappa shape index (κ1) is 12.3. The predicted molar refractivity (Wildman–Crippen MR) is 73.0 cm³/mol. The van der Waals surface area contributed by atoms with E-state index in [1.165, 1.54) is 17.7 Å². The SMILES string of the molecule is CN1CCCc2cc3c(cc21)CC(CC(=O)O)CO3. The molecule has 1 aromatic rings. The minimum Gasteiger partial charge on any atom is -0.493 e. The third kappa shape index (κ3) is 2.39. The van der Waals surface area contributed by atoms with E-state index in [1.54, 1.807) is 0 Å². The molecule has 0 amide bonds. The number of anilines is 1. The van der Waals surface area contributed by atoms with Crippen LogP contribution in [0.25, 0.3) is 0 Å². The summed E-state index contributed by atoms with van der Waals surface area (Å²) in [6.07, 6.45) is 3.29. The van der Waals surface area contributed by atoms with E-state index in [4.69, 9.17) is 9.84 Å². The smallest absolute Gasteiger partial charge is 0.303 e. The Labute approximate surface area is 113 Å². The number of hydrogen-bond acceptors (Lipinski definition) is 3. The Morgan fingerprint density at radius 1 is 1.47 bits per heavy atom. The summed E-state index contributed by atoms with van der Waals surface area (Å²) in [5.74, 6) is 0.305. The number of nitrogens with zero attached hydrogens (tertiary/aromatic N) is 1. The van der Waals surface area contributed by atoms with Gasteiger partial charge in [0.05, 0.1) is 13.0 Å². The zero-order chi connectivity index (χ0) is 13.4. The second-order valence-electron chi connectivity index (χ2n) is 5.59. The highest BCUT2D eigenvalue weighted by molar-refractivity contribution is 5.67. The minimum atomic E-state index is -0.743. The molecule has 0 aromatic heterocycles. The van der Waals surface area contributed by atoms with Crippen molar-refractivity contribution in [2.24, 2.45) is 5.92 Å². The average molecular weight is 261 g/mol. The van der Waals surface area contributed by atoms with Crippen LogP contribution >= 0.6 is 0 Å². The van der Waals surface area contributed by atoms with Crippen molar-refractivity contribution in [2.45, 2.75) is 25.7 Å². The van der Waals surface area contributed by atoms with E-state index in [0.29, 0.717) is 6.61 Å². The third-order valence-electron chi connectivity index (χ3n) is 4.06. The molecule has 0 fully saturated rings. The van der Waals surface area contributed by atoms with Crippen molar-refractivity contribution in [1.29, 1.82) is 0 Å². The number of rotatable bonds is 2. The van der Waals surface area contributed by atoms with Crippen LogP contribution in [-0.4, -0.2) is 31.3 Å². The van der Waals surface area contributed by atoms with Crippen LogP contribution in [0.15, 0.2) is 12.1 Å². The van der Waals surface area contributed by atoms with Crippen LogP contribution < -0.4 is 9.64 Å². The van der Waals surface area contributed by atoms with Gasteiger partial charge in [0.15, 0.2) is 0 Å². The molecule has 4 nitrogen and oxygen atoms in total. The fourth-order valence-corrected chi connectivity index (χ4v) is 3.09. The van der Waals surface area contributed by atoms with Crippen molar-refractivity contribution in [3.05, 3.63) is 23.3 Å². The summed E-state index contributed by atoms with van der Waals surface area (Å²) >= 11 is 0. The Hall–Kier alpha value is -1.71. The van der Waals surface area contributed by atoms with Crippen molar-refractivity contribution in [2.75, 3.05) is 25.1 Å². The lowest BCUT2D eigenvalue weighted by molar-refractivity contribution is -0.138. The average Bonchev–Trinajstić information content (AvgIpc) is 2.37. The first-order chi connectivity index (χ1) is 9.13. The van der Waals surface area contributed by atoms with E-state index in [0.717, 1.165) is 30.7 Å². The Bertz CT molecular complexity index is 512. The van der Waals surface area contributed by atoms with Gasteiger partial charge in [0.2, 0.25) is 0 Å². The lowest BCUT2D eigenvalue weighted by Gasteiger charge is -2.31. The summed E-state index contributed by atoms with van der Waals surface area (Å²) in [4.78, 5) is 13.1. The summed E-state index contributed by atoms with van der Waals surface area (Å²) in [7, 11) is 2.11. The van der Waals surface area contributed by atoms with E-state index in [1.807, 2.05) is 0 Å². The fourth-order valence-electron chi connectivity index (χ4n) is 3.09. The summed E-state index contributed by atoms with van der Waals surface area (Å²) in [6.45, 7) is 1.61. The molecule has 0 radical (unpaired) electrons. The summed E-state index contributed by atoms with van der Waals surface area (Å²) in [5.41, 5.74) is 3.79. The lowest BCUT2D eigenvalue weighted by atomic mass is 9.91. The minimum absolute atomic E-state index is 0.0944. The molecule has 0 saturated heterocycles. The molecule has 19 heavy (non-hydrogen) atoms. The third-order valence-corrected chi connectivity index (χ3v) is 4.06. The van der Waals surface area contributed by atoms with Gasteiger partial charge in [-0.1, -0.05) is 0 Å². The molecule has 1 atom stereocenters. The van der Waals surface area contributed by atoms with Crippen molar-refractivity contribution >= 4 is 11.7 Å². The highest BCUT2D eigenvalue weighted by Gasteiger charge is 2.25. The molecular formula is C15H19NO3. The first-order valence-corrected chi connectivity index (χ1v) is 6.85. The van der Waals surface area contributed by atoms with Crippen LogP contribution in [-0.2, 0) is 17.6 Å². The van der Waals surface area contributed by atoms with Crippen LogP contribution in [0.5, 0.6) is 5.75 Å². The number of hydrogen-bond donors (Lipinski definition) is 1. The number of aliphatic carboxylic acids is 1. The zero-order valence-corrected chi connectivity index (χ0v) is 11.2. The Balaban J connectivity index is 1.88. The maximum absolute atomic E-state index is 10.8. The van der Waals surface area contributed by atoms with Crippen LogP contribution in [0.1, 0.15) is 24.0 Å². The van der Waals surface area contributed by atoms with Gasteiger partial charge in [-0.05, 0) is 42.5 Å². The summed E-state index contributed by atoms with van der Waals surface area (Å²) in [5, 5.41) is 8.88. The van der Waals surface area contributed by atoms with Crippen LogP contribution in [0, 0.1) is 5.92 Å². The molecule has 4 heteroatoms. The maximum atomic E-state index is 10.8. The maximum Gasteiger partial charge on any atom is 0.303 e. The largest absolute Gasteiger partial charge is 0.493 e. The van der Waals surface area contributed by atoms with Crippen LogP contribution in [0.3, 0.4) is 0 Å². The number of carbonyl (C=O) groups is 1. The number of carboxylic acid groups (broad SMARTS) is 1. The molecule has 0 aliphatic carbocycles. The van der Waals surface area contributed by atoms with Gasteiger partial charge < -0.3 is 14.7 Å². The quantitative estimate of drug-likeness (QED) is 0.885. The molecule has 1 aromatic carbocycles. The number of aryl methyl sites for hydroxylation is 1. The van der Waals surface area contributed by atoms with Gasteiger partial charge in [0.25, 0.3) is 0 Å². The highest BCUT2D eigenvalue weighted by atomic mass is 16.5. The second-order valence-corrected chi connectivity index (χ2v) is 5.59. The van der Waals surface area contributed by atoms with E-state index in [9.17, 15) is 4.79 Å². The summed E-state index contributed by atoms with van der Waals surface area (Å²) in [6, 6.07) is 4.34. The first-order valence-electron chi connectivity index (χ1n) is 6.85. The number of benzene rings is 1. The van der Waals surface area contributed by atoms with Gasteiger partial charge in [0, 0.05) is 25.2 Å². The van der Waals surface area contributed by atoms with Gasteiger partial charge >= 0.3 is 5.97 Å². The molecule has 1 unspecified atom stereocenters. The highest BCUT2D eigenvalue weighted by Crippen LogP contribution is 2.36. The molecular weight excluding hydrogens is 242 g/mol. The Kier molecular flexibility index (Phi) is 3.09. The van der Waals surface area contributed by atoms with E-state index < -0.39 is 5.97 Å².